The van der Waals surface area contributed by atoms with Crippen molar-refractivity contribution in [3.05, 3.63) is 0 Å². The van der Waals surface area contributed by atoms with Gasteiger partial charge in [0.1, 0.15) is 6.04 Å². The molecular formula is C11H18N2O4. The fourth-order valence-electron chi connectivity index (χ4n) is 2.15. The van der Waals surface area contributed by atoms with Gasteiger partial charge < -0.3 is 15.3 Å². The van der Waals surface area contributed by atoms with E-state index in [-0.39, 0.29) is 24.3 Å². The standard InChI is InChI=1S/C11H18N2O4/c1-7-4-3-5-13(10(7)11(16)17)9(15)6-12-8(2)14/h7,10H,3-6H2,1-2H3,(H,12,14)(H,16,17). The van der Waals surface area contributed by atoms with Gasteiger partial charge in [0, 0.05) is 13.5 Å². The van der Waals surface area contributed by atoms with Crippen molar-refractivity contribution in [1.29, 1.82) is 0 Å². The maximum atomic E-state index is 11.8. The highest BCUT2D eigenvalue weighted by atomic mass is 16.4. The highest BCUT2D eigenvalue weighted by Crippen LogP contribution is 2.23. The molecule has 0 bridgehead atoms. The van der Waals surface area contributed by atoms with Gasteiger partial charge in [-0.05, 0) is 18.8 Å². The maximum Gasteiger partial charge on any atom is 0.326 e. The first-order valence-electron chi connectivity index (χ1n) is 5.70. The predicted octanol–water partition coefficient (Wildman–Crippen LogP) is -0.166. The fourth-order valence-corrected chi connectivity index (χ4v) is 2.15. The number of carbonyl (C=O) groups excluding carboxylic acids is 2. The summed E-state index contributed by atoms with van der Waals surface area (Å²) < 4.78 is 0. The highest BCUT2D eigenvalue weighted by molar-refractivity contribution is 5.87. The number of carboxylic acids is 1. The zero-order chi connectivity index (χ0) is 13.0. The molecule has 0 aromatic carbocycles. The van der Waals surface area contributed by atoms with Crippen LogP contribution in [0, 0.1) is 5.92 Å². The zero-order valence-electron chi connectivity index (χ0n) is 10.1. The van der Waals surface area contributed by atoms with E-state index in [1.54, 1.807) is 0 Å². The van der Waals surface area contributed by atoms with Gasteiger partial charge >= 0.3 is 5.97 Å². The van der Waals surface area contributed by atoms with Gasteiger partial charge in [-0.15, -0.1) is 0 Å². The molecule has 17 heavy (non-hydrogen) atoms. The first kappa shape index (κ1) is 13.5. The summed E-state index contributed by atoms with van der Waals surface area (Å²) in [5.41, 5.74) is 0. The third kappa shape index (κ3) is 3.44. The van der Waals surface area contributed by atoms with Gasteiger partial charge in [0.05, 0.1) is 6.54 Å². The largest absolute Gasteiger partial charge is 0.480 e. The second-order valence-electron chi connectivity index (χ2n) is 4.40. The number of carbonyl (C=O) groups is 3. The second kappa shape index (κ2) is 5.65. The lowest BCUT2D eigenvalue weighted by Gasteiger charge is -2.37. The summed E-state index contributed by atoms with van der Waals surface area (Å²) in [6.45, 7) is 3.46. The number of hydrogen-bond donors (Lipinski definition) is 2. The van der Waals surface area contributed by atoms with Crippen LogP contribution >= 0.6 is 0 Å². The van der Waals surface area contributed by atoms with Crippen LogP contribution in [0.4, 0.5) is 0 Å². The van der Waals surface area contributed by atoms with Gasteiger partial charge in [-0.3, -0.25) is 9.59 Å². The molecule has 6 nitrogen and oxygen atoms in total. The minimum Gasteiger partial charge on any atom is -0.480 e. The van der Waals surface area contributed by atoms with Gasteiger partial charge in [0.25, 0.3) is 0 Å². The number of nitrogens with zero attached hydrogens (tertiary/aromatic N) is 1. The molecule has 1 saturated heterocycles. The van der Waals surface area contributed by atoms with Crippen molar-refractivity contribution < 1.29 is 19.5 Å². The Morgan fingerprint density at radius 2 is 2.06 bits per heavy atom. The molecule has 0 aromatic rings. The Kier molecular flexibility index (Phi) is 4.48. The van der Waals surface area contributed by atoms with E-state index in [1.165, 1.54) is 11.8 Å². The summed E-state index contributed by atoms with van der Waals surface area (Å²) in [6, 6.07) is -0.773. The van der Waals surface area contributed by atoms with Crippen LogP contribution in [0.15, 0.2) is 0 Å². The lowest BCUT2D eigenvalue weighted by Crippen LogP contribution is -2.54. The highest BCUT2D eigenvalue weighted by Gasteiger charge is 2.36. The molecule has 2 N–H and O–H groups in total. The van der Waals surface area contributed by atoms with Crippen molar-refractivity contribution >= 4 is 17.8 Å². The minimum atomic E-state index is -0.978. The number of carboxylic acid groups (broad SMARTS) is 1. The van der Waals surface area contributed by atoms with Crippen LogP contribution in [0.5, 0.6) is 0 Å². The van der Waals surface area contributed by atoms with E-state index < -0.39 is 12.0 Å². The average Bonchev–Trinajstić information content (AvgIpc) is 2.24. The molecule has 2 unspecified atom stereocenters. The molecule has 1 aliphatic rings. The Hall–Kier alpha value is -1.59. The molecule has 6 heteroatoms. The molecule has 2 atom stereocenters. The average molecular weight is 242 g/mol. The Bertz CT molecular complexity index is 329. The number of nitrogens with one attached hydrogen (secondary N) is 1. The summed E-state index contributed by atoms with van der Waals surface area (Å²) in [4.78, 5) is 35.0. The van der Waals surface area contributed by atoms with E-state index in [4.69, 9.17) is 5.11 Å². The predicted molar refractivity (Wildman–Crippen MR) is 60.2 cm³/mol. The van der Waals surface area contributed by atoms with Crippen molar-refractivity contribution in [3.63, 3.8) is 0 Å². The van der Waals surface area contributed by atoms with Crippen LogP contribution in [0.25, 0.3) is 0 Å². The molecule has 0 saturated carbocycles. The minimum absolute atomic E-state index is 0.0532. The van der Waals surface area contributed by atoms with E-state index in [9.17, 15) is 14.4 Å². The lowest BCUT2D eigenvalue weighted by molar-refractivity contribution is -0.154. The Labute approximate surface area is 100.0 Å². The molecule has 2 amide bonds. The SMILES string of the molecule is CC(=O)NCC(=O)N1CCCC(C)C1C(=O)O. The van der Waals surface area contributed by atoms with Crippen LogP contribution < -0.4 is 5.32 Å². The van der Waals surface area contributed by atoms with Crippen LogP contribution in [-0.4, -0.2) is 46.9 Å². The smallest absolute Gasteiger partial charge is 0.326 e. The number of amides is 2. The third-order valence-corrected chi connectivity index (χ3v) is 3.00. The summed E-state index contributed by atoms with van der Waals surface area (Å²) in [5.74, 6) is -1.66. The fraction of sp³-hybridized carbons (Fsp3) is 0.727. The Morgan fingerprint density at radius 1 is 1.41 bits per heavy atom. The van der Waals surface area contributed by atoms with Crippen LogP contribution in [0.2, 0.25) is 0 Å². The van der Waals surface area contributed by atoms with Crippen molar-refractivity contribution in [1.82, 2.24) is 10.2 Å². The molecule has 1 fully saturated rings. The van der Waals surface area contributed by atoms with Gasteiger partial charge in [-0.1, -0.05) is 6.92 Å². The Morgan fingerprint density at radius 3 is 2.59 bits per heavy atom. The van der Waals surface area contributed by atoms with Crippen LogP contribution in [0.3, 0.4) is 0 Å². The summed E-state index contributed by atoms with van der Waals surface area (Å²) in [6.07, 6.45) is 1.61. The van der Waals surface area contributed by atoms with Crippen molar-refractivity contribution in [2.45, 2.75) is 32.7 Å². The van der Waals surface area contributed by atoms with Gasteiger partial charge in [0.15, 0.2) is 0 Å². The monoisotopic (exact) mass is 242 g/mol. The number of piperidine rings is 1. The quantitative estimate of drug-likeness (QED) is 0.719. The summed E-state index contributed by atoms with van der Waals surface area (Å²) in [5, 5.41) is 11.5. The summed E-state index contributed by atoms with van der Waals surface area (Å²) in [7, 11) is 0. The van der Waals surface area contributed by atoms with Gasteiger partial charge in [-0.25, -0.2) is 4.79 Å². The van der Waals surface area contributed by atoms with E-state index in [2.05, 4.69) is 5.32 Å². The molecule has 1 aliphatic heterocycles. The molecule has 0 radical (unpaired) electrons. The number of rotatable bonds is 3. The first-order valence-corrected chi connectivity index (χ1v) is 5.70. The van der Waals surface area contributed by atoms with E-state index in [1.807, 2.05) is 6.92 Å². The third-order valence-electron chi connectivity index (χ3n) is 3.00. The molecule has 0 aliphatic carbocycles. The zero-order valence-corrected chi connectivity index (χ0v) is 10.1. The molecule has 0 aromatic heterocycles. The van der Waals surface area contributed by atoms with E-state index >= 15 is 0 Å². The number of hydrogen-bond acceptors (Lipinski definition) is 3. The van der Waals surface area contributed by atoms with Gasteiger partial charge in [0.2, 0.25) is 11.8 Å². The van der Waals surface area contributed by atoms with E-state index in [0.29, 0.717) is 6.54 Å². The first-order chi connectivity index (χ1) is 7.93. The van der Waals surface area contributed by atoms with Crippen LogP contribution in [-0.2, 0) is 14.4 Å². The Balaban J connectivity index is 2.68. The lowest BCUT2D eigenvalue weighted by atomic mass is 9.91. The van der Waals surface area contributed by atoms with Crippen molar-refractivity contribution in [2.75, 3.05) is 13.1 Å². The van der Waals surface area contributed by atoms with Crippen molar-refractivity contribution in [2.24, 2.45) is 5.92 Å². The molecule has 96 valence electrons. The van der Waals surface area contributed by atoms with Gasteiger partial charge in [-0.2, -0.15) is 0 Å². The maximum absolute atomic E-state index is 11.8. The van der Waals surface area contributed by atoms with Crippen molar-refractivity contribution in [3.8, 4) is 0 Å². The topological polar surface area (TPSA) is 86.7 Å². The summed E-state index contributed by atoms with van der Waals surface area (Å²) >= 11 is 0. The molecule has 0 spiro atoms. The second-order valence-corrected chi connectivity index (χ2v) is 4.40. The normalized spacial score (nSPS) is 24.2. The number of likely N-dealkylation sites (tertiary alicyclic amines) is 1. The van der Waals surface area contributed by atoms with Crippen LogP contribution in [0.1, 0.15) is 26.7 Å². The molecule has 1 heterocycles. The molecule has 1 rings (SSSR count). The number of aliphatic carboxylic acids is 1. The molecular weight excluding hydrogens is 224 g/mol. The van der Waals surface area contributed by atoms with E-state index in [0.717, 1.165) is 12.8 Å².